The van der Waals surface area contributed by atoms with Gasteiger partial charge in [-0.1, -0.05) is 12.1 Å². The number of anilines is 1. The third kappa shape index (κ3) is 3.05. The minimum absolute atomic E-state index is 0.0485. The quantitative estimate of drug-likeness (QED) is 0.529. The van der Waals surface area contributed by atoms with Crippen LogP contribution < -0.4 is 5.32 Å². The molecule has 0 saturated heterocycles. The van der Waals surface area contributed by atoms with E-state index >= 15 is 0 Å². The van der Waals surface area contributed by atoms with Gasteiger partial charge in [0, 0.05) is 36.5 Å². The normalized spacial score (nSPS) is 10.3. The number of nitro groups is 1. The van der Waals surface area contributed by atoms with Crippen LogP contribution >= 0.6 is 0 Å². The van der Waals surface area contributed by atoms with E-state index in [1.807, 2.05) is 0 Å². The Balaban J connectivity index is 2.07. The van der Waals surface area contributed by atoms with Crippen molar-refractivity contribution in [1.29, 1.82) is 0 Å². The first-order valence-corrected chi connectivity index (χ1v) is 5.59. The maximum atomic E-state index is 13.0. The van der Waals surface area contributed by atoms with E-state index < -0.39 is 22.4 Å². The standard InChI is InChI=1S/C13H9F3N2O2/c14-11-5-9(6-12(15)13(11)16)17-7-8-1-3-10(4-2-8)18(19)20/h1-6,17H,7H2. The van der Waals surface area contributed by atoms with Crippen molar-refractivity contribution >= 4 is 11.4 Å². The topological polar surface area (TPSA) is 55.2 Å². The van der Waals surface area contributed by atoms with E-state index in [1.54, 1.807) is 0 Å². The maximum absolute atomic E-state index is 13.0. The van der Waals surface area contributed by atoms with Gasteiger partial charge in [0.1, 0.15) is 0 Å². The second-order valence-electron chi connectivity index (χ2n) is 4.03. The average molecular weight is 282 g/mol. The van der Waals surface area contributed by atoms with Crippen molar-refractivity contribution in [3.05, 3.63) is 69.5 Å². The highest BCUT2D eigenvalue weighted by molar-refractivity contribution is 5.45. The van der Waals surface area contributed by atoms with Crippen LogP contribution in [0.15, 0.2) is 36.4 Å². The third-order valence-corrected chi connectivity index (χ3v) is 2.63. The molecule has 0 aromatic heterocycles. The molecule has 0 unspecified atom stereocenters. The van der Waals surface area contributed by atoms with Gasteiger partial charge in [0.15, 0.2) is 17.5 Å². The van der Waals surface area contributed by atoms with Crippen molar-refractivity contribution in [2.24, 2.45) is 0 Å². The number of nitrogens with one attached hydrogen (secondary N) is 1. The highest BCUT2D eigenvalue weighted by Crippen LogP contribution is 2.18. The van der Waals surface area contributed by atoms with E-state index in [1.165, 1.54) is 24.3 Å². The lowest BCUT2D eigenvalue weighted by molar-refractivity contribution is -0.384. The fourth-order valence-corrected chi connectivity index (χ4v) is 1.60. The van der Waals surface area contributed by atoms with E-state index in [2.05, 4.69) is 5.32 Å². The molecule has 0 saturated carbocycles. The zero-order chi connectivity index (χ0) is 14.7. The molecule has 0 bridgehead atoms. The first-order chi connectivity index (χ1) is 9.47. The fourth-order valence-electron chi connectivity index (χ4n) is 1.60. The Bertz CT molecular complexity index is 622. The third-order valence-electron chi connectivity index (χ3n) is 2.63. The largest absolute Gasteiger partial charge is 0.381 e. The highest BCUT2D eigenvalue weighted by Gasteiger charge is 2.10. The molecule has 4 nitrogen and oxygen atoms in total. The van der Waals surface area contributed by atoms with Crippen LogP contribution in [0.2, 0.25) is 0 Å². The van der Waals surface area contributed by atoms with Crippen LogP contribution in [0.1, 0.15) is 5.56 Å². The van der Waals surface area contributed by atoms with Gasteiger partial charge in [-0.25, -0.2) is 13.2 Å². The Morgan fingerprint density at radius 3 is 2.10 bits per heavy atom. The molecule has 0 atom stereocenters. The molecule has 0 amide bonds. The molecule has 0 aliphatic rings. The Morgan fingerprint density at radius 2 is 1.60 bits per heavy atom. The Morgan fingerprint density at radius 1 is 1.05 bits per heavy atom. The van der Waals surface area contributed by atoms with E-state index in [9.17, 15) is 23.3 Å². The molecule has 0 aliphatic carbocycles. The molecule has 20 heavy (non-hydrogen) atoms. The number of non-ortho nitro benzene ring substituents is 1. The summed E-state index contributed by atoms with van der Waals surface area (Å²) in [5, 5.41) is 13.2. The van der Waals surface area contributed by atoms with Gasteiger partial charge in [0.05, 0.1) is 4.92 Å². The van der Waals surface area contributed by atoms with E-state index in [4.69, 9.17) is 0 Å². The van der Waals surface area contributed by atoms with Gasteiger partial charge < -0.3 is 5.32 Å². The Kier molecular flexibility index (Phi) is 3.88. The average Bonchev–Trinajstić information content (AvgIpc) is 2.42. The van der Waals surface area contributed by atoms with Crippen LogP contribution in [0.4, 0.5) is 24.5 Å². The lowest BCUT2D eigenvalue weighted by Gasteiger charge is -2.07. The number of halogens is 3. The van der Waals surface area contributed by atoms with E-state index in [0.717, 1.165) is 12.1 Å². The molecular formula is C13H9F3N2O2. The van der Waals surface area contributed by atoms with Gasteiger partial charge in [-0.15, -0.1) is 0 Å². The number of hydrogen-bond donors (Lipinski definition) is 1. The molecule has 2 rings (SSSR count). The first kappa shape index (κ1) is 13.9. The predicted molar refractivity (Wildman–Crippen MR) is 66.7 cm³/mol. The summed E-state index contributed by atoms with van der Waals surface area (Å²) in [5.41, 5.74) is 0.716. The van der Waals surface area contributed by atoms with E-state index in [0.29, 0.717) is 5.56 Å². The van der Waals surface area contributed by atoms with Crippen LogP contribution in [-0.2, 0) is 6.54 Å². The monoisotopic (exact) mass is 282 g/mol. The Hall–Kier alpha value is -2.57. The second kappa shape index (κ2) is 5.60. The van der Waals surface area contributed by atoms with Crippen LogP contribution in [0.25, 0.3) is 0 Å². The molecule has 0 aliphatic heterocycles. The molecule has 0 radical (unpaired) electrons. The second-order valence-corrected chi connectivity index (χ2v) is 4.03. The van der Waals surface area contributed by atoms with Crippen LogP contribution in [0.3, 0.4) is 0 Å². The smallest absolute Gasteiger partial charge is 0.269 e. The lowest BCUT2D eigenvalue weighted by atomic mass is 10.2. The van der Waals surface area contributed by atoms with Gasteiger partial charge >= 0.3 is 0 Å². The number of nitro benzene ring substituents is 1. The number of benzene rings is 2. The SMILES string of the molecule is O=[N+]([O-])c1ccc(CNc2cc(F)c(F)c(F)c2)cc1. The van der Waals surface area contributed by atoms with Gasteiger partial charge in [0.2, 0.25) is 0 Å². The van der Waals surface area contributed by atoms with Crippen molar-refractivity contribution in [2.75, 3.05) is 5.32 Å². The minimum atomic E-state index is -1.52. The van der Waals surface area contributed by atoms with Gasteiger partial charge in [-0.05, 0) is 5.56 Å². The molecule has 2 aromatic rings. The lowest BCUT2D eigenvalue weighted by Crippen LogP contribution is -2.02. The molecule has 0 spiro atoms. The summed E-state index contributed by atoms with van der Waals surface area (Å²) in [6, 6.07) is 7.35. The van der Waals surface area contributed by atoms with Crippen LogP contribution in [0.5, 0.6) is 0 Å². The number of nitrogens with zero attached hydrogens (tertiary/aromatic N) is 1. The minimum Gasteiger partial charge on any atom is -0.381 e. The van der Waals surface area contributed by atoms with Gasteiger partial charge in [-0.2, -0.15) is 0 Å². The summed E-state index contributed by atoms with van der Waals surface area (Å²) in [6.07, 6.45) is 0. The molecule has 0 heterocycles. The fraction of sp³-hybridized carbons (Fsp3) is 0.0769. The van der Waals surface area contributed by atoms with Crippen molar-refractivity contribution in [1.82, 2.24) is 0 Å². The summed E-state index contributed by atoms with van der Waals surface area (Å²) in [4.78, 5) is 9.94. The first-order valence-electron chi connectivity index (χ1n) is 5.59. The molecule has 0 fully saturated rings. The molecule has 104 valence electrons. The predicted octanol–water partition coefficient (Wildman–Crippen LogP) is 3.62. The molecular weight excluding hydrogens is 273 g/mol. The van der Waals surface area contributed by atoms with Crippen LogP contribution in [0, 0.1) is 27.6 Å². The molecule has 1 N–H and O–H groups in total. The zero-order valence-corrected chi connectivity index (χ0v) is 10.1. The maximum Gasteiger partial charge on any atom is 0.269 e. The van der Waals surface area contributed by atoms with Crippen LogP contribution in [-0.4, -0.2) is 4.92 Å². The van der Waals surface area contributed by atoms with Crippen molar-refractivity contribution in [3.63, 3.8) is 0 Å². The summed E-state index contributed by atoms with van der Waals surface area (Å²) in [7, 11) is 0. The van der Waals surface area contributed by atoms with Crippen molar-refractivity contribution in [3.8, 4) is 0 Å². The summed E-state index contributed by atoms with van der Waals surface area (Å²) < 4.78 is 38.7. The molecule has 2 aromatic carbocycles. The summed E-state index contributed by atoms with van der Waals surface area (Å²) >= 11 is 0. The van der Waals surface area contributed by atoms with Gasteiger partial charge in [0.25, 0.3) is 5.69 Å². The van der Waals surface area contributed by atoms with Crippen molar-refractivity contribution in [2.45, 2.75) is 6.54 Å². The summed E-state index contributed by atoms with van der Waals surface area (Å²) in [6.45, 7) is 0.197. The molecule has 7 heteroatoms. The van der Waals surface area contributed by atoms with Crippen molar-refractivity contribution < 1.29 is 18.1 Å². The Labute approximate surface area is 112 Å². The van der Waals surface area contributed by atoms with E-state index in [-0.39, 0.29) is 17.9 Å². The zero-order valence-electron chi connectivity index (χ0n) is 10.1. The summed E-state index contributed by atoms with van der Waals surface area (Å²) in [5.74, 6) is -4.08. The highest BCUT2D eigenvalue weighted by atomic mass is 19.2. The van der Waals surface area contributed by atoms with Gasteiger partial charge in [-0.3, -0.25) is 10.1 Å². The number of rotatable bonds is 4. The number of hydrogen-bond acceptors (Lipinski definition) is 3.